The molecule has 0 fully saturated rings. The quantitative estimate of drug-likeness (QED) is 0.367. The van der Waals surface area contributed by atoms with Crippen molar-refractivity contribution in [2.75, 3.05) is 11.9 Å². The van der Waals surface area contributed by atoms with Gasteiger partial charge in [0.25, 0.3) is 11.2 Å². The molecule has 1 aromatic carbocycles. The molecule has 10 nitrogen and oxygen atoms in total. The summed E-state index contributed by atoms with van der Waals surface area (Å²) in [5.74, 6) is -1.25. The average molecular weight is 456 g/mol. The zero-order valence-corrected chi connectivity index (χ0v) is 19.2. The largest absolute Gasteiger partial charge is 0.463 e. The van der Waals surface area contributed by atoms with Crippen LogP contribution in [0.5, 0.6) is 0 Å². The molecule has 0 bridgehead atoms. The van der Waals surface area contributed by atoms with Crippen LogP contribution in [-0.2, 0) is 22.6 Å². The highest BCUT2D eigenvalue weighted by molar-refractivity contribution is 5.94. The molecule has 1 aliphatic heterocycles. The van der Waals surface area contributed by atoms with Gasteiger partial charge in [0.05, 0.1) is 28.6 Å². The van der Waals surface area contributed by atoms with E-state index in [1.807, 2.05) is 13.8 Å². The number of anilines is 1. The number of rotatable bonds is 8. The number of aromatic nitrogens is 2. The highest BCUT2D eigenvalue weighted by atomic mass is 16.6. The van der Waals surface area contributed by atoms with Crippen molar-refractivity contribution in [2.24, 2.45) is 0 Å². The van der Waals surface area contributed by atoms with Gasteiger partial charge in [0.15, 0.2) is 0 Å². The van der Waals surface area contributed by atoms with Crippen LogP contribution >= 0.6 is 0 Å². The number of nitrogens with zero attached hydrogens (tertiary/aromatic N) is 3. The zero-order valence-electron chi connectivity index (χ0n) is 19.2. The van der Waals surface area contributed by atoms with E-state index in [0.29, 0.717) is 36.5 Å². The predicted molar refractivity (Wildman–Crippen MR) is 123 cm³/mol. The maximum atomic E-state index is 13.6. The predicted octanol–water partition coefficient (Wildman–Crippen LogP) is 3.13. The van der Waals surface area contributed by atoms with Crippen LogP contribution in [0.1, 0.15) is 57.6 Å². The topological polar surface area (TPSA) is 125 Å². The average Bonchev–Trinajstić information content (AvgIpc) is 2.78. The Morgan fingerprint density at radius 3 is 2.42 bits per heavy atom. The molecule has 0 radical (unpaired) electrons. The highest BCUT2D eigenvalue weighted by Gasteiger charge is 2.38. The minimum Gasteiger partial charge on any atom is -0.463 e. The number of allylic oxidation sites excluding steroid dienone is 1. The summed E-state index contributed by atoms with van der Waals surface area (Å²) in [6, 6.07) is 5.85. The molecule has 1 atom stereocenters. The molecule has 1 aromatic heterocycles. The number of hydrogen-bond donors (Lipinski definition) is 1. The number of nitrogens with one attached hydrogen (secondary N) is 1. The standard InChI is InChI=1S/C23H28N4O6/c1-5-11-25-20-19(21(28)26(12-6-2)23(25)30)18(15-9-8-10-16(13-15)27(31)32)17(14(4)24-20)22(29)33-7-3/h8-10,13,18,24H,5-7,11-12H2,1-4H3. The van der Waals surface area contributed by atoms with Crippen molar-refractivity contribution in [3.8, 4) is 0 Å². The Kier molecular flexibility index (Phi) is 7.15. The van der Waals surface area contributed by atoms with Gasteiger partial charge in [-0.1, -0.05) is 26.0 Å². The normalized spacial score (nSPS) is 15.1. The summed E-state index contributed by atoms with van der Waals surface area (Å²) in [4.78, 5) is 50.7. The van der Waals surface area contributed by atoms with Gasteiger partial charge in [-0.25, -0.2) is 9.59 Å². The molecule has 1 N–H and O–H groups in total. The second kappa shape index (κ2) is 9.85. The molecule has 2 heterocycles. The molecular formula is C23H28N4O6. The summed E-state index contributed by atoms with van der Waals surface area (Å²) in [7, 11) is 0. The second-order valence-electron chi connectivity index (χ2n) is 7.82. The Morgan fingerprint density at radius 1 is 1.15 bits per heavy atom. The van der Waals surface area contributed by atoms with Crippen molar-refractivity contribution in [1.29, 1.82) is 0 Å². The molecule has 0 saturated carbocycles. The fourth-order valence-electron chi connectivity index (χ4n) is 4.20. The number of benzene rings is 1. The van der Waals surface area contributed by atoms with Gasteiger partial charge in [-0.3, -0.25) is 24.0 Å². The Labute approximate surface area is 190 Å². The maximum Gasteiger partial charge on any atom is 0.336 e. The number of nitro benzene ring substituents is 1. The molecule has 0 spiro atoms. The van der Waals surface area contributed by atoms with Crippen LogP contribution in [0.15, 0.2) is 45.1 Å². The van der Waals surface area contributed by atoms with Crippen molar-refractivity contribution in [3.63, 3.8) is 0 Å². The summed E-state index contributed by atoms with van der Waals surface area (Å²) in [5.41, 5.74) is 0.0923. The van der Waals surface area contributed by atoms with E-state index in [9.17, 15) is 24.5 Å². The number of carbonyl (C=O) groups is 1. The Hall–Kier alpha value is -3.69. The number of hydrogen-bond acceptors (Lipinski definition) is 7. The van der Waals surface area contributed by atoms with Crippen molar-refractivity contribution < 1.29 is 14.5 Å². The number of non-ortho nitro benzene ring substituents is 1. The number of fused-ring (bicyclic) bond motifs is 1. The van der Waals surface area contributed by atoms with E-state index in [0.717, 1.165) is 0 Å². The third-order valence-electron chi connectivity index (χ3n) is 5.55. The van der Waals surface area contributed by atoms with E-state index in [2.05, 4.69) is 5.32 Å². The van der Waals surface area contributed by atoms with Crippen LogP contribution in [-0.4, -0.2) is 26.6 Å². The number of ether oxygens (including phenoxy) is 1. The van der Waals surface area contributed by atoms with Crippen LogP contribution in [0.2, 0.25) is 0 Å². The minimum atomic E-state index is -0.931. The lowest BCUT2D eigenvalue weighted by molar-refractivity contribution is -0.384. The smallest absolute Gasteiger partial charge is 0.336 e. The van der Waals surface area contributed by atoms with Crippen LogP contribution in [0.3, 0.4) is 0 Å². The summed E-state index contributed by atoms with van der Waals surface area (Å²) in [6.07, 6.45) is 1.21. The van der Waals surface area contributed by atoms with Crippen LogP contribution in [0.4, 0.5) is 11.5 Å². The van der Waals surface area contributed by atoms with Crippen molar-refractivity contribution in [2.45, 2.75) is 59.5 Å². The molecule has 0 aliphatic carbocycles. The van der Waals surface area contributed by atoms with Gasteiger partial charge in [0, 0.05) is 30.9 Å². The van der Waals surface area contributed by atoms with Crippen LogP contribution < -0.4 is 16.6 Å². The van der Waals surface area contributed by atoms with E-state index in [-0.39, 0.29) is 30.0 Å². The number of carbonyl (C=O) groups excluding carboxylic acids is 1. The van der Waals surface area contributed by atoms with E-state index >= 15 is 0 Å². The third-order valence-corrected chi connectivity index (χ3v) is 5.55. The molecule has 10 heteroatoms. The fraction of sp³-hybridized carbons (Fsp3) is 0.435. The first-order chi connectivity index (χ1) is 15.8. The summed E-state index contributed by atoms with van der Waals surface area (Å²) < 4.78 is 7.94. The van der Waals surface area contributed by atoms with Crippen molar-refractivity contribution in [3.05, 3.63) is 77.6 Å². The first-order valence-electron chi connectivity index (χ1n) is 11.0. The molecule has 1 aliphatic rings. The Bertz CT molecular complexity index is 1240. The van der Waals surface area contributed by atoms with Gasteiger partial charge in [-0.15, -0.1) is 0 Å². The van der Waals surface area contributed by atoms with Gasteiger partial charge in [0.1, 0.15) is 5.82 Å². The first-order valence-corrected chi connectivity index (χ1v) is 11.0. The Balaban J connectivity index is 2.43. The van der Waals surface area contributed by atoms with Gasteiger partial charge in [-0.05, 0) is 32.3 Å². The third kappa shape index (κ3) is 4.33. The fourth-order valence-corrected chi connectivity index (χ4v) is 4.20. The van der Waals surface area contributed by atoms with Crippen molar-refractivity contribution >= 4 is 17.5 Å². The second-order valence-corrected chi connectivity index (χ2v) is 7.82. The SMILES string of the molecule is CCCn1c2c(c(=O)n(CCC)c1=O)C(c1cccc([N+](=O)[O-])c1)C(C(=O)OCC)=C(C)N2. The van der Waals surface area contributed by atoms with Gasteiger partial charge < -0.3 is 10.1 Å². The van der Waals surface area contributed by atoms with E-state index in [1.165, 1.54) is 27.3 Å². The first kappa shape index (κ1) is 24.0. The zero-order chi connectivity index (χ0) is 24.3. The lowest BCUT2D eigenvalue weighted by Gasteiger charge is -2.31. The molecule has 2 aromatic rings. The summed E-state index contributed by atoms with van der Waals surface area (Å²) >= 11 is 0. The van der Waals surface area contributed by atoms with Gasteiger partial charge in [0.2, 0.25) is 0 Å². The van der Waals surface area contributed by atoms with E-state index in [1.54, 1.807) is 19.9 Å². The lowest BCUT2D eigenvalue weighted by atomic mass is 9.82. The molecule has 176 valence electrons. The van der Waals surface area contributed by atoms with Crippen molar-refractivity contribution in [1.82, 2.24) is 9.13 Å². The molecule has 1 unspecified atom stereocenters. The minimum absolute atomic E-state index is 0.125. The number of nitro groups is 1. The lowest BCUT2D eigenvalue weighted by Crippen LogP contribution is -2.45. The molecule has 0 amide bonds. The molecular weight excluding hydrogens is 428 g/mol. The Morgan fingerprint density at radius 2 is 1.82 bits per heavy atom. The maximum absolute atomic E-state index is 13.6. The van der Waals surface area contributed by atoms with Crippen LogP contribution in [0, 0.1) is 10.1 Å². The highest BCUT2D eigenvalue weighted by Crippen LogP contribution is 2.41. The van der Waals surface area contributed by atoms with Gasteiger partial charge in [-0.2, -0.15) is 0 Å². The summed E-state index contributed by atoms with van der Waals surface area (Å²) in [5, 5.41) is 14.5. The molecule has 0 saturated heterocycles. The molecule has 33 heavy (non-hydrogen) atoms. The van der Waals surface area contributed by atoms with E-state index in [4.69, 9.17) is 4.74 Å². The summed E-state index contributed by atoms with van der Waals surface area (Å²) in [6.45, 7) is 7.82. The monoisotopic (exact) mass is 456 g/mol. The molecule has 3 rings (SSSR count). The van der Waals surface area contributed by atoms with Gasteiger partial charge >= 0.3 is 11.7 Å². The van der Waals surface area contributed by atoms with E-state index < -0.39 is 28.1 Å². The number of esters is 1. The van der Waals surface area contributed by atoms with Crippen LogP contribution in [0.25, 0.3) is 0 Å².